The predicted octanol–water partition coefficient (Wildman–Crippen LogP) is 1.29. The summed E-state index contributed by atoms with van der Waals surface area (Å²) < 4.78 is 0. The Kier molecular flexibility index (Phi) is 4.63. The quantitative estimate of drug-likeness (QED) is 0.767. The van der Waals surface area contributed by atoms with E-state index in [1.165, 1.54) is 18.5 Å². The van der Waals surface area contributed by atoms with Crippen LogP contribution in [0.3, 0.4) is 0 Å². The van der Waals surface area contributed by atoms with E-state index in [2.05, 4.69) is 10.3 Å². The number of aromatic nitrogens is 1. The Bertz CT molecular complexity index is 644. The van der Waals surface area contributed by atoms with Gasteiger partial charge in [0.15, 0.2) is 0 Å². The number of amides is 1. The van der Waals surface area contributed by atoms with Gasteiger partial charge in [-0.25, -0.2) is 4.79 Å². The first-order chi connectivity index (χ1) is 10.1. The van der Waals surface area contributed by atoms with Crippen molar-refractivity contribution in [2.45, 2.75) is 12.5 Å². The van der Waals surface area contributed by atoms with Crippen molar-refractivity contribution in [2.75, 3.05) is 5.32 Å². The van der Waals surface area contributed by atoms with E-state index in [0.29, 0.717) is 12.1 Å². The molecular weight excluding hydrogens is 270 g/mol. The normalized spacial score (nSPS) is 11.7. The van der Waals surface area contributed by atoms with E-state index in [1.54, 1.807) is 0 Å². The molecule has 0 saturated heterocycles. The molecule has 4 N–H and O–H groups in total. The van der Waals surface area contributed by atoms with Crippen LogP contribution < -0.4 is 11.1 Å². The number of pyridine rings is 1. The minimum Gasteiger partial charge on any atom is -0.478 e. The molecule has 0 aliphatic heterocycles. The maximum Gasteiger partial charge on any atom is 0.337 e. The zero-order valence-electron chi connectivity index (χ0n) is 11.2. The molecular formula is C15H15N3O3. The smallest absolute Gasteiger partial charge is 0.337 e. The second kappa shape index (κ2) is 6.62. The average Bonchev–Trinajstić information content (AvgIpc) is 2.48. The number of carboxylic acid groups (broad SMARTS) is 1. The van der Waals surface area contributed by atoms with Gasteiger partial charge in [-0.05, 0) is 18.1 Å². The topological polar surface area (TPSA) is 105 Å². The van der Waals surface area contributed by atoms with Crippen LogP contribution >= 0.6 is 0 Å². The number of nitrogens with two attached hydrogens (primary N) is 1. The Labute approximate surface area is 121 Å². The molecule has 0 spiro atoms. The summed E-state index contributed by atoms with van der Waals surface area (Å²) in [7, 11) is 0. The monoisotopic (exact) mass is 285 g/mol. The van der Waals surface area contributed by atoms with Crippen LogP contribution in [0.25, 0.3) is 0 Å². The maximum absolute atomic E-state index is 12.0. The van der Waals surface area contributed by atoms with E-state index in [0.717, 1.165) is 5.56 Å². The summed E-state index contributed by atoms with van der Waals surface area (Å²) in [6.07, 6.45) is 2.99. The summed E-state index contributed by atoms with van der Waals surface area (Å²) in [5, 5.41) is 11.4. The molecule has 0 fully saturated rings. The first-order valence-electron chi connectivity index (χ1n) is 6.35. The molecule has 2 rings (SSSR count). The molecule has 1 atom stereocenters. The molecule has 108 valence electrons. The summed E-state index contributed by atoms with van der Waals surface area (Å²) in [5.74, 6) is -1.49. The summed E-state index contributed by atoms with van der Waals surface area (Å²) >= 11 is 0. The van der Waals surface area contributed by atoms with Crippen molar-refractivity contribution in [1.29, 1.82) is 0 Å². The van der Waals surface area contributed by atoms with Crippen LogP contribution in [0.5, 0.6) is 0 Å². The Morgan fingerprint density at radius 2 is 1.95 bits per heavy atom. The third-order valence-electron chi connectivity index (χ3n) is 2.89. The van der Waals surface area contributed by atoms with Crippen molar-refractivity contribution in [3.05, 3.63) is 59.9 Å². The standard InChI is InChI=1S/C15H15N3O3/c16-13(6-10-4-2-1-3-5-10)14(19)18-12-7-11(15(20)21)8-17-9-12/h1-5,7-9,13H,6,16H2,(H,18,19)(H,20,21)/t13-/m0/s1. The number of hydrogen-bond donors (Lipinski definition) is 3. The minimum absolute atomic E-state index is 0.00410. The molecule has 21 heavy (non-hydrogen) atoms. The molecule has 0 aliphatic rings. The van der Waals surface area contributed by atoms with E-state index in [9.17, 15) is 9.59 Å². The maximum atomic E-state index is 12.0. The van der Waals surface area contributed by atoms with E-state index in [4.69, 9.17) is 10.8 Å². The summed E-state index contributed by atoms with van der Waals surface area (Å²) in [6, 6.07) is 10.0. The number of carbonyl (C=O) groups is 2. The number of nitrogens with one attached hydrogen (secondary N) is 1. The highest BCUT2D eigenvalue weighted by Crippen LogP contribution is 2.10. The summed E-state index contributed by atoms with van der Waals surface area (Å²) in [4.78, 5) is 26.6. The van der Waals surface area contributed by atoms with Crippen LogP contribution in [0.15, 0.2) is 48.8 Å². The average molecular weight is 285 g/mol. The van der Waals surface area contributed by atoms with Gasteiger partial charge in [-0.1, -0.05) is 30.3 Å². The number of carbonyl (C=O) groups excluding carboxylic acids is 1. The lowest BCUT2D eigenvalue weighted by atomic mass is 10.1. The van der Waals surface area contributed by atoms with Crippen LogP contribution in [-0.2, 0) is 11.2 Å². The van der Waals surface area contributed by atoms with Gasteiger partial charge >= 0.3 is 5.97 Å². The van der Waals surface area contributed by atoms with Crippen molar-refractivity contribution in [3.8, 4) is 0 Å². The molecule has 1 aromatic heterocycles. The van der Waals surface area contributed by atoms with Crippen molar-refractivity contribution in [1.82, 2.24) is 4.98 Å². The van der Waals surface area contributed by atoms with E-state index < -0.39 is 12.0 Å². The number of nitrogens with zero attached hydrogens (tertiary/aromatic N) is 1. The first-order valence-corrected chi connectivity index (χ1v) is 6.35. The molecule has 1 heterocycles. The van der Waals surface area contributed by atoms with Crippen molar-refractivity contribution >= 4 is 17.6 Å². The fourth-order valence-corrected chi connectivity index (χ4v) is 1.82. The number of benzene rings is 1. The third-order valence-corrected chi connectivity index (χ3v) is 2.89. The number of carboxylic acids is 1. The highest BCUT2D eigenvalue weighted by Gasteiger charge is 2.15. The molecule has 0 bridgehead atoms. The van der Waals surface area contributed by atoms with Gasteiger partial charge < -0.3 is 16.2 Å². The molecule has 1 aromatic carbocycles. The third kappa shape index (κ3) is 4.12. The van der Waals surface area contributed by atoms with Crippen LogP contribution in [0.1, 0.15) is 15.9 Å². The van der Waals surface area contributed by atoms with Crippen LogP contribution in [0.4, 0.5) is 5.69 Å². The Morgan fingerprint density at radius 3 is 2.62 bits per heavy atom. The van der Waals surface area contributed by atoms with Gasteiger partial charge in [-0.3, -0.25) is 9.78 Å². The fraction of sp³-hybridized carbons (Fsp3) is 0.133. The van der Waals surface area contributed by atoms with E-state index in [-0.39, 0.29) is 11.5 Å². The molecule has 6 nitrogen and oxygen atoms in total. The summed E-state index contributed by atoms with van der Waals surface area (Å²) in [5.41, 5.74) is 7.12. The lowest BCUT2D eigenvalue weighted by Gasteiger charge is -2.12. The van der Waals surface area contributed by atoms with Gasteiger partial charge in [-0.2, -0.15) is 0 Å². The van der Waals surface area contributed by atoms with Gasteiger partial charge in [-0.15, -0.1) is 0 Å². The lowest BCUT2D eigenvalue weighted by Crippen LogP contribution is -2.37. The number of hydrogen-bond acceptors (Lipinski definition) is 4. The second-order valence-electron chi connectivity index (χ2n) is 4.55. The van der Waals surface area contributed by atoms with Crippen LogP contribution in [-0.4, -0.2) is 28.0 Å². The molecule has 6 heteroatoms. The van der Waals surface area contributed by atoms with Gasteiger partial charge in [0, 0.05) is 6.20 Å². The summed E-state index contributed by atoms with van der Waals surface area (Å²) in [6.45, 7) is 0. The lowest BCUT2D eigenvalue weighted by molar-refractivity contribution is -0.117. The Morgan fingerprint density at radius 1 is 1.24 bits per heavy atom. The largest absolute Gasteiger partial charge is 0.478 e. The van der Waals surface area contributed by atoms with E-state index >= 15 is 0 Å². The van der Waals surface area contributed by atoms with Gasteiger partial charge in [0.1, 0.15) is 0 Å². The molecule has 1 amide bonds. The van der Waals surface area contributed by atoms with Crippen molar-refractivity contribution < 1.29 is 14.7 Å². The first kappa shape index (κ1) is 14.7. The van der Waals surface area contributed by atoms with Crippen LogP contribution in [0.2, 0.25) is 0 Å². The Balaban J connectivity index is 2.00. The molecule has 0 saturated carbocycles. The number of aromatic carboxylic acids is 1. The SMILES string of the molecule is N[C@@H](Cc1ccccc1)C(=O)Nc1cncc(C(=O)O)c1. The molecule has 0 radical (unpaired) electrons. The molecule has 0 aliphatic carbocycles. The molecule has 0 unspecified atom stereocenters. The van der Waals surface area contributed by atoms with Gasteiger partial charge in [0.25, 0.3) is 0 Å². The van der Waals surface area contributed by atoms with E-state index in [1.807, 2.05) is 30.3 Å². The van der Waals surface area contributed by atoms with Crippen molar-refractivity contribution in [2.24, 2.45) is 5.73 Å². The Hall–Kier alpha value is -2.73. The zero-order valence-corrected chi connectivity index (χ0v) is 11.2. The molecule has 2 aromatic rings. The predicted molar refractivity (Wildman–Crippen MR) is 77.9 cm³/mol. The fourth-order valence-electron chi connectivity index (χ4n) is 1.82. The van der Waals surface area contributed by atoms with Crippen LogP contribution in [0, 0.1) is 0 Å². The number of rotatable bonds is 5. The highest BCUT2D eigenvalue weighted by atomic mass is 16.4. The minimum atomic E-state index is -1.10. The number of anilines is 1. The van der Waals surface area contributed by atoms with Gasteiger partial charge in [0.2, 0.25) is 5.91 Å². The second-order valence-corrected chi connectivity index (χ2v) is 4.55. The zero-order chi connectivity index (χ0) is 15.2. The van der Waals surface area contributed by atoms with Gasteiger partial charge in [0.05, 0.1) is 23.5 Å². The van der Waals surface area contributed by atoms with Crippen molar-refractivity contribution in [3.63, 3.8) is 0 Å². The highest BCUT2D eigenvalue weighted by molar-refractivity contribution is 5.96.